The van der Waals surface area contributed by atoms with Crippen molar-refractivity contribution in [3.05, 3.63) is 30.1 Å². The molecule has 146 valence electrons. The van der Waals surface area contributed by atoms with E-state index < -0.39 is 10.7 Å². The number of thioether (sulfide) groups is 1. The number of fused-ring (bicyclic) bond motifs is 1. The second-order valence-corrected chi connectivity index (χ2v) is 7.66. The number of H-pyrrole nitrogens is 1. The Balaban J connectivity index is 1.89. The van der Waals surface area contributed by atoms with Crippen LogP contribution in [0, 0.1) is 0 Å². The molecular formula is C17H18N6O4S. The van der Waals surface area contributed by atoms with E-state index in [1.54, 1.807) is 6.92 Å². The van der Waals surface area contributed by atoms with Crippen LogP contribution in [0.15, 0.2) is 29.6 Å². The van der Waals surface area contributed by atoms with Gasteiger partial charge in [0.2, 0.25) is 11.9 Å². The molecule has 10 nitrogen and oxygen atoms in total. The lowest BCUT2D eigenvalue weighted by molar-refractivity contribution is -0.118. The molecule has 28 heavy (non-hydrogen) atoms. The van der Waals surface area contributed by atoms with Crippen molar-refractivity contribution in [2.24, 2.45) is 0 Å². The quantitative estimate of drug-likeness (QED) is 0.236. The number of benzene rings is 1. The van der Waals surface area contributed by atoms with Gasteiger partial charge in [0.05, 0.1) is 11.1 Å². The third kappa shape index (κ3) is 3.69. The van der Waals surface area contributed by atoms with Crippen LogP contribution in [-0.2, 0) is 4.79 Å². The molecular weight excluding hydrogens is 384 g/mol. The molecule has 3 rings (SSSR count). The molecule has 0 fully saturated rings. The van der Waals surface area contributed by atoms with Crippen molar-refractivity contribution in [3.63, 3.8) is 0 Å². The summed E-state index contributed by atoms with van der Waals surface area (Å²) in [5.41, 5.74) is 6.67. The predicted molar refractivity (Wildman–Crippen MR) is 104 cm³/mol. The van der Waals surface area contributed by atoms with Crippen molar-refractivity contribution in [1.29, 1.82) is 0 Å². The van der Waals surface area contributed by atoms with Crippen LogP contribution < -0.4 is 11.1 Å². The predicted octanol–water partition coefficient (Wildman–Crippen LogP) is 2.24. The first-order valence-electron chi connectivity index (χ1n) is 8.27. The average Bonchev–Trinajstić information content (AvgIpc) is 3.11. The molecule has 6 N–H and O–H groups in total. The number of rotatable bonds is 6. The van der Waals surface area contributed by atoms with Crippen molar-refractivity contribution in [3.8, 4) is 5.75 Å². The average molecular weight is 402 g/mol. The molecule has 0 aliphatic carbocycles. The summed E-state index contributed by atoms with van der Waals surface area (Å²) in [6, 6.07) is 3.84. The number of amides is 1. The topological polar surface area (TPSA) is 167 Å². The molecule has 1 aromatic carbocycles. The number of carboxylic acids is 1. The van der Waals surface area contributed by atoms with E-state index in [1.807, 2.05) is 6.92 Å². The minimum Gasteiger partial charge on any atom is -0.507 e. The first kappa shape index (κ1) is 19.4. The Morgan fingerprint density at radius 1 is 1.36 bits per heavy atom. The monoisotopic (exact) mass is 402 g/mol. The maximum absolute atomic E-state index is 13.0. The molecule has 3 aromatic rings. The Labute approximate surface area is 163 Å². The van der Waals surface area contributed by atoms with Gasteiger partial charge in [0.25, 0.3) is 0 Å². The molecule has 11 heteroatoms. The summed E-state index contributed by atoms with van der Waals surface area (Å²) in [6.45, 7) is 3.59. The largest absolute Gasteiger partial charge is 0.507 e. The number of nitrogens with two attached hydrogens (primary N) is 1. The minimum absolute atomic E-state index is 0.0468. The normalized spacial score (nSPS) is 13.2. The zero-order valence-corrected chi connectivity index (χ0v) is 15.9. The number of anilines is 2. The second kappa shape index (κ2) is 7.35. The number of aromatic nitrogens is 4. The standard InChI is InChI=1S/C17H18N6O4S/c1-3-17(2,28-13-11-12(20-7-19-11)22-16(18)23-13)15(27)21-8-4-5-10(24)9(6-8)14(25)26/h4-7,24H,3H2,1-2H3,(H,21,27)(H,25,26)(H3,18,19,20,22,23). The van der Waals surface area contributed by atoms with Crippen LogP contribution in [-0.4, -0.2) is 46.8 Å². The number of aromatic carboxylic acids is 1. The van der Waals surface area contributed by atoms with Gasteiger partial charge in [0, 0.05) is 5.69 Å². The maximum Gasteiger partial charge on any atom is 0.339 e. The van der Waals surface area contributed by atoms with Crippen molar-refractivity contribution in [2.45, 2.75) is 30.0 Å². The molecule has 0 radical (unpaired) electrons. The zero-order chi connectivity index (χ0) is 20.5. The lowest BCUT2D eigenvalue weighted by Gasteiger charge is -2.26. The Morgan fingerprint density at radius 3 is 2.79 bits per heavy atom. The summed E-state index contributed by atoms with van der Waals surface area (Å²) in [6.07, 6.45) is 1.92. The van der Waals surface area contributed by atoms with Crippen LogP contribution >= 0.6 is 11.8 Å². The lowest BCUT2D eigenvalue weighted by Crippen LogP contribution is -2.36. The lowest BCUT2D eigenvalue weighted by atomic mass is 10.1. The molecule has 1 atom stereocenters. The third-order valence-electron chi connectivity index (χ3n) is 4.23. The molecule has 1 unspecified atom stereocenters. The van der Waals surface area contributed by atoms with Gasteiger partial charge in [-0.3, -0.25) is 4.79 Å². The van der Waals surface area contributed by atoms with E-state index in [-0.39, 0.29) is 28.9 Å². The molecule has 0 aliphatic heterocycles. The fourth-order valence-corrected chi connectivity index (χ4v) is 3.54. The number of aromatic amines is 1. The molecule has 0 aliphatic rings. The van der Waals surface area contributed by atoms with Crippen LogP contribution in [0.5, 0.6) is 5.75 Å². The summed E-state index contributed by atoms with van der Waals surface area (Å²) in [5, 5.41) is 21.9. The van der Waals surface area contributed by atoms with Gasteiger partial charge in [-0.1, -0.05) is 18.7 Å². The van der Waals surface area contributed by atoms with E-state index in [2.05, 4.69) is 25.3 Å². The Kier molecular flexibility index (Phi) is 5.10. The van der Waals surface area contributed by atoms with Gasteiger partial charge in [-0.05, 0) is 31.5 Å². The molecule has 2 aromatic heterocycles. The van der Waals surface area contributed by atoms with Crippen LogP contribution in [0.4, 0.5) is 11.6 Å². The second-order valence-electron chi connectivity index (χ2n) is 6.17. The van der Waals surface area contributed by atoms with E-state index in [1.165, 1.54) is 36.3 Å². The first-order valence-corrected chi connectivity index (χ1v) is 9.08. The molecule has 0 saturated carbocycles. The number of hydrogen-bond donors (Lipinski definition) is 5. The highest BCUT2D eigenvalue weighted by molar-refractivity contribution is 8.01. The molecule has 2 heterocycles. The zero-order valence-electron chi connectivity index (χ0n) is 15.1. The maximum atomic E-state index is 13.0. The van der Waals surface area contributed by atoms with E-state index in [9.17, 15) is 14.7 Å². The Morgan fingerprint density at radius 2 is 2.11 bits per heavy atom. The highest BCUT2D eigenvalue weighted by Crippen LogP contribution is 2.38. The summed E-state index contributed by atoms with van der Waals surface area (Å²) in [5.74, 6) is -1.98. The minimum atomic E-state index is -1.29. The number of nitrogens with zero attached hydrogens (tertiary/aromatic N) is 3. The number of carbonyl (C=O) groups excluding carboxylic acids is 1. The summed E-state index contributed by atoms with van der Waals surface area (Å²) in [4.78, 5) is 39.4. The number of hydrogen-bond acceptors (Lipinski definition) is 8. The Bertz CT molecular complexity index is 1070. The van der Waals surface area contributed by atoms with E-state index in [0.717, 1.165) is 0 Å². The van der Waals surface area contributed by atoms with Gasteiger partial charge < -0.3 is 26.2 Å². The fourth-order valence-electron chi connectivity index (χ4n) is 2.44. The summed E-state index contributed by atoms with van der Waals surface area (Å²) >= 11 is 1.20. The first-order chi connectivity index (χ1) is 13.2. The fraction of sp³-hybridized carbons (Fsp3) is 0.235. The van der Waals surface area contributed by atoms with Gasteiger partial charge in [0.15, 0.2) is 5.65 Å². The van der Waals surface area contributed by atoms with E-state index in [4.69, 9.17) is 10.8 Å². The van der Waals surface area contributed by atoms with E-state index >= 15 is 0 Å². The van der Waals surface area contributed by atoms with Gasteiger partial charge in [-0.2, -0.15) is 4.98 Å². The highest BCUT2D eigenvalue weighted by Gasteiger charge is 2.34. The van der Waals surface area contributed by atoms with Crippen molar-refractivity contribution >= 4 is 46.4 Å². The number of nitrogen functional groups attached to an aromatic ring is 1. The smallest absolute Gasteiger partial charge is 0.339 e. The molecule has 1 amide bonds. The van der Waals surface area contributed by atoms with Crippen molar-refractivity contribution in [1.82, 2.24) is 19.9 Å². The van der Waals surface area contributed by atoms with Crippen LogP contribution in [0.3, 0.4) is 0 Å². The molecule has 0 saturated heterocycles. The number of imidazole rings is 1. The number of nitrogens with one attached hydrogen (secondary N) is 2. The van der Waals surface area contributed by atoms with Gasteiger partial charge in [-0.25, -0.2) is 14.8 Å². The van der Waals surface area contributed by atoms with Crippen LogP contribution in [0.2, 0.25) is 0 Å². The van der Waals surface area contributed by atoms with Gasteiger partial charge in [0.1, 0.15) is 21.9 Å². The summed E-state index contributed by atoms with van der Waals surface area (Å²) < 4.78 is -0.944. The number of carbonyl (C=O) groups is 2. The Hall–Kier alpha value is -3.34. The number of phenols is 1. The van der Waals surface area contributed by atoms with Crippen LogP contribution in [0.1, 0.15) is 30.6 Å². The molecule has 0 spiro atoms. The van der Waals surface area contributed by atoms with Crippen LogP contribution in [0.25, 0.3) is 11.2 Å². The number of aromatic hydroxyl groups is 1. The van der Waals surface area contributed by atoms with E-state index in [0.29, 0.717) is 22.6 Å². The SMILES string of the molecule is CCC(C)(Sc1nc(N)nc2nc[nH]c12)C(=O)Nc1ccc(O)c(C(=O)O)c1. The molecule has 0 bridgehead atoms. The summed E-state index contributed by atoms with van der Waals surface area (Å²) in [7, 11) is 0. The van der Waals surface area contributed by atoms with Gasteiger partial charge >= 0.3 is 5.97 Å². The van der Waals surface area contributed by atoms with Crippen molar-refractivity contribution < 1.29 is 19.8 Å². The highest BCUT2D eigenvalue weighted by atomic mass is 32.2. The third-order valence-corrected chi connectivity index (χ3v) is 5.64. The number of carboxylic acid groups (broad SMARTS) is 1. The van der Waals surface area contributed by atoms with Crippen molar-refractivity contribution in [2.75, 3.05) is 11.1 Å². The van der Waals surface area contributed by atoms with Gasteiger partial charge in [-0.15, -0.1) is 0 Å².